The van der Waals surface area contributed by atoms with Crippen molar-refractivity contribution < 1.29 is 4.74 Å². The van der Waals surface area contributed by atoms with Gasteiger partial charge in [0.05, 0.1) is 6.61 Å². The molecule has 2 N–H and O–H groups in total. The molecular formula is C10H19NO. The molecule has 1 unspecified atom stereocenters. The highest BCUT2D eigenvalue weighted by Gasteiger charge is 2.03. The van der Waals surface area contributed by atoms with Crippen molar-refractivity contribution in [3.63, 3.8) is 0 Å². The molecule has 70 valence electrons. The molecule has 0 aromatic rings. The van der Waals surface area contributed by atoms with Crippen LogP contribution in [-0.2, 0) is 4.74 Å². The highest BCUT2D eigenvalue weighted by Crippen LogP contribution is 2.09. The number of rotatable bonds is 3. The summed E-state index contributed by atoms with van der Waals surface area (Å²) in [6.07, 6.45) is 0.713. The fourth-order valence-electron chi connectivity index (χ4n) is 0.720. The molecule has 0 saturated carbocycles. The molecule has 0 saturated heterocycles. The predicted molar refractivity (Wildman–Crippen MR) is 51.7 cm³/mol. The lowest BCUT2D eigenvalue weighted by atomic mass is 9.97. The van der Waals surface area contributed by atoms with Gasteiger partial charge in [0.15, 0.2) is 0 Å². The number of methoxy groups -OCH3 is 1. The predicted octanol–water partition coefficient (Wildman–Crippen LogP) is 1.40. The summed E-state index contributed by atoms with van der Waals surface area (Å²) < 4.78 is 4.89. The molecule has 2 heteroatoms. The average molecular weight is 169 g/mol. The van der Waals surface area contributed by atoms with Gasteiger partial charge in [0.1, 0.15) is 0 Å². The third-order valence-electron chi connectivity index (χ3n) is 1.21. The monoisotopic (exact) mass is 169 g/mol. The number of hydrogen-bond donors (Lipinski definition) is 1. The molecule has 12 heavy (non-hydrogen) atoms. The maximum absolute atomic E-state index is 5.69. The Bertz CT molecular complexity index is 171. The molecular weight excluding hydrogens is 150 g/mol. The van der Waals surface area contributed by atoms with Gasteiger partial charge in [-0.2, -0.15) is 0 Å². The SMILES string of the molecule is COCC(N)CC#CC(C)(C)C. The second-order valence-electron chi connectivity index (χ2n) is 3.97. The van der Waals surface area contributed by atoms with Crippen LogP contribution in [0.25, 0.3) is 0 Å². The lowest BCUT2D eigenvalue weighted by Crippen LogP contribution is -2.24. The van der Waals surface area contributed by atoms with Crippen molar-refractivity contribution in [1.29, 1.82) is 0 Å². The fourth-order valence-corrected chi connectivity index (χ4v) is 0.720. The summed E-state index contributed by atoms with van der Waals surface area (Å²) in [7, 11) is 1.65. The summed E-state index contributed by atoms with van der Waals surface area (Å²) in [5.41, 5.74) is 5.76. The molecule has 2 nitrogen and oxygen atoms in total. The van der Waals surface area contributed by atoms with Crippen LogP contribution in [0.4, 0.5) is 0 Å². The third kappa shape index (κ3) is 7.59. The summed E-state index contributed by atoms with van der Waals surface area (Å²) in [5, 5.41) is 0. The van der Waals surface area contributed by atoms with Gasteiger partial charge in [-0.1, -0.05) is 5.92 Å². The Morgan fingerprint density at radius 2 is 2.00 bits per heavy atom. The maximum Gasteiger partial charge on any atom is 0.0623 e. The van der Waals surface area contributed by atoms with E-state index in [0.717, 1.165) is 0 Å². The molecule has 0 heterocycles. The molecule has 0 amide bonds. The normalized spacial score (nSPS) is 13.4. The zero-order valence-electron chi connectivity index (χ0n) is 8.48. The van der Waals surface area contributed by atoms with E-state index in [-0.39, 0.29) is 11.5 Å². The van der Waals surface area contributed by atoms with Crippen LogP contribution in [0.2, 0.25) is 0 Å². The topological polar surface area (TPSA) is 35.2 Å². The van der Waals surface area contributed by atoms with E-state index in [2.05, 4.69) is 32.6 Å². The Morgan fingerprint density at radius 1 is 1.42 bits per heavy atom. The van der Waals surface area contributed by atoms with Gasteiger partial charge in [-0.15, -0.1) is 5.92 Å². The van der Waals surface area contributed by atoms with Crippen molar-refractivity contribution in [2.24, 2.45) is 11.1 Å². The van der Waals surface area contributed by atoms with Gasteiger partial charge in [-0.3, -0.25) is 0 Å². The van der Waals surface area contributed by atoms with Gasteiger partial charge in [0.2, 0.25) is 0 Å². The standard InChI is InChI=1S/C10H19NO/c1-10(2,3)7-5-6-9(11)8-12-4/h9H,6,8,11H2,1-4H3. The lowest BCUT2D eigenvalue weighted by molar-refractivity contribution is 0.181. The van der Waals surface area contributed by atoms with Crippen LogP contribution in [0.3, 0.4) is 0 Å². The van der Waals surface area contributed by atoms with E-state index in [4.69, 9.17) is 10.5 Å². The smallest absolute Gasteiger partial charge is 0.0623 e. The van der Waals surface area contributed by atoms with Gasteiger partial charge < -0.3 is 10.5 Å². The zero-order valence-corrected chi connectivity index (χ0v) is 8.48. The van der Waals surface area contributed by atoms with E-state index in [1.165, 1.54) is 0 Å². The minimum absolute atomic E-state index is 0.0462. The zero-order chi connectivity index (χ0) is 9.61. The Hall–Kier alpha value is -0.520. The Labute approximate surface area is 75.5 Å². The average Bonchev–Trinajstić information content (AvgIpc) is 1.84. The fraction of sp³-hybridized carbons (Fsp3) is 0.800. The molecule has 0 aliphatic heterocycles. The maximum atomic E-state index is 5.69. The van der Waals surface area contributed by atoms with Crippen LogP contribution in [0.15, 0.2) is 0 Å². The summed E-state index contributed by atoms with van der Waals surface area (Å²) >= 11 is 0. The highest BCUT2D eigenvalue weighted by atomic mass is 16.5. The van der Waals surface area contributed by atoms with E-state index < -0.39 is 0 Å². The number of hydrogen-bond acceptors (Lipinski definition) is 2. The molecule has 0 spiro atoms. The van der Waals surface area contributed by atoms with Gasteiger partial charge in [-0.05, 0) is 20.8 Å². The summed E-state index contributed by atoms with van der Waals surface area (Å²) in [5.74, 6) is 6.18. The Balaban J connectivity index is 3.71. The summed E-state index contributed by atoms with van der Waals surface area (Å²) in [6, 6.07) is 0.0462. The van der Waals surface area contributed by atoms with Crippen LogP contribution < -0.4 is 5.73 Å². The summed E-state index contributed by atoms with van der Waals surface area (Å²) in [6.45, 7) is 6.84. The van der Waals surface area contributed by atoms with Crippen LogP contribution in [-0.4, -0.2) is 19.8 Å². The third-order valence-corrected chi connectivity index (χ3v) is 1.21. The van der Waals surface area contributed by atoms with Gasteiger partial charge in [0.25, 0.3) is 0 Å². The van der Waals surface area contributed by atoms with Crippen molar-refractivity contribution in [1.82, 2.24) is 0 Å². The number of ether oxygens (including phenoxy) is 1. The minimum Gasteiger partial charge on any atom is -0.383 e. The van der Waals surface area contributed by atoms with Crippen molar-refractivity contribution in [3.05, 3.63) is 0 Å². The molecule has 0 rings (SSSR count). The van der Waals surface area contributed by atoms with Crippen molar-refractivity contribution in [3.8, 4) is 11.8 Å². The molecule has 0 aliphatic carbocycles. The van der Waals surface area contributed by atoms with Crippen molar-refractivity contribution in [2.45, 2.75) is 33.2 Å². The van der Waals surface area contributed by atoms with Crippen LogP contribution in [0, 0.1) is 17.3 Å². The first-order valence-electron chi connectivity index (χ1n) is 4.20. The van der Waals surface area contributed by atoms with E-state index in [0.29, 0.717) is 13.0 Å². The van der Waals surface area contributed by atoms with E-state index in [1.807, 2.05) is 0 Å². The Morgan fingerprint density at radius 3 is 2.42 bits per heavy atom. The first-order valence-corrected chi connectivity index (χ1v) is 4.20. The molecule has 0 bridgehead atoms. The minimum atomic E-state index is 0.0462. The summed E-state index contributed by atoms with van der Waals surface area (Å²) in [4.78, 5) is 0. The molecule has 0 fully saturated rings. The van der Waals surface area contributed by atoms with Crippen LogP contribution >= 0.6 is 0 Å². The van der Waals surface area contributed by atoms with E-state index >= 15 is 0 Å². The quantitative estimate of drug-likeness (QED) is 0.648. The second kappa shape index (κ2) is 5.18. The highest BCUT2D eigenvalue weighted by molar-refractivity contribution is 5.08. The molecule has 0 aromatic carbocycles. The van der Waals surface area contributed by atoms with Crippen molar-refractivity contribution in [2.75, 3.05) is 13.7 Å². The van der Waals surface area contributed by atoms with E-state index in [1.54, 1.807) is 7.11 Å². The second-order valence-corrected chi connectivity index (χ2v) is 3.97. The van der Waals surface area contributed by atoms with Crippen LogP contribution in [0.5, 0.6) is 0 Å². The van der Waals surface area contributed by atoms with Crippen LogP contribution in [0.1, 0.15) is 27.2 Å². The largest absolute Gasteiger partial charge is 0.383 e. The number of nitrogens with two attached hydrogens (primary N) is 1. The van der Waals surface area contributed by atoms with Crippen molar-refractivity contribution >= 4 is 0 Å². The molecule has 0 aromatic heterocycles. The molecule has 1 atom stereocenters. The lowest BCUT2D eigenvalue weighted by Gasteiger charge is -2.08. The van der Waals surface area contributed by atoms with Gasteiger partial charge >= 0.3 is 0 Å². The first kappa shape index (κ1) is 11.5. The Kier molecular flexibility index (Phi) is 4.96. The van der Waals surface area contributed by atoms with Gasteiger partial charge in [0, 0.05) is 25.0 Å². The van der Waals surface area contributed by atoms with E-state index in [9.17, 15) is 0 Å². The molecule has 0 radical (unpaired) electrons. The first-order chi connectivity index (χ1) is 5.45. The van der Waals surface area contributed by atoms with Gasteiger partial charge in [-0.25, -0.2) is 0 Å². The molecule has 0 aliphatic rings.